The summed E-state index contributed by atoms with van der Waals surface area (Å²) in [6.07, 6.45) is 0.243. The molecular formula is C12H16FNO3. The fourth-order valence-electron chi connectivity index (χ4n) is 1.27. The number of ether oxygens (including phenoxy) is 1. The van der Waals surface area contributed by atoms with E-state index in [-0.39, 0.29) is 18.8 Å². The van der Waals surface area contributed by atoms with Crippen LogP contribution in [-0.4, -0.2) is 30.3 Å². The number of carbonyl (C=O) groups is 1. The minimum absolute atomic E-state index is 0.130. The molecule has 0 saturated carbocycles. The summed E-state index contributed by atoms with van der Waals surface area (Å²) < 4.78 is 18.4. The van der Waals surface area contributed by atoms with Crippen LogP contribution in [0.2, 0.25) is 0 Å². The second kappa shape index (κ2) is 5.63. The van der Waals surface area contributed by atoms with Gasteiger partial charge in [-0.25, -0.2) is 4.39 Å². The van der Waals surface area contributed by atoms with E-state index in [4.69, 9.17) is 9.84 Å². The van der Waals surface area contributed by atoms with Crippen molar-refractivity contribution in [3.8, 4) is 5.75 Å². The highest BCUT2D eigenvalue weighted by Gasteiger charge is 2.30. The molecule has 17 heavy (non-hydrogen) atoms. The van der Waals surface area contributed by atoms with Gasteiger partial charge in [0.25, 0.3) is 0 Å². The first kappa shape index (κ1) is 13.4. The smallest absolute Gasteiger partial charge is 0.323 e. The van der Waals surface area contributed by atoms with Crippen LogP contribution in [-0.2, 0) is 4.79 Å². The zero-order chi connectivity index (χ0) is 12.9. The Bertz CT molecular complexity index is 397. The van der Waals surface area contributed by atoms with Crippen molar-refractivity contribution in [1.82, 2.24) is 5.32 Å². The van der Waals surface area contributed by atoms with Gasteiger partial charge in [0, 0.05) is 6.42 Å². The van der Waals surface area contributed by atoms with Crippen LogP contribution in [0.15, 0.2) is 24.3 Å². The van der Waals surface area contributed by atoms with Gasteiger partial charge in [-0.2, -0.15) is 0 Å². The number of para-hydroxylation sites is 1. The summed E-state index contributed by atoms with van der Waals surface area (Å²) in [6.45, 7) is 1.69. The van der Waals surface area contributed by atoms with Gasteiger partial charge in [0.1, 0.15) is 5.54 Å². The normalized spacial score (nSPS) is 14.1. The molecule has 1 atom stereocenters. The lowest BCUT2D eigenvalue weighted by Crippen LogP contribution is -2.48. The number of hydrogen-bond acceptors (Lipinski definition) is 3. The molecule has 0 bridgehead atoms. The highest BCUT2D eigenvalue weighted by atomic mass is 19.1. The predicted octanol–water partition coefficient (Wildman–Crippen LogP) is 1.66. The summed E-state index contributed by atoms with van der Waals surface area (Å²) in [5, 5.41) is 11.7. The fraction of sp³-hybridized carbons (Fsp3) is 0.417. The van der Waals surface area contributed by atoms with Crippen LogP contribution in [0.1, 0.15) is 13.3 Å². The number of aliphatic carboxylic acids is 1. The second-order valence-corrected chi connectivity index (χ2v) is 3.92. The minimum Gasteiger partial charge on any atom is -0.490 e. The first-order chi connectivity index (χ1) is 7.99. The quantitative estimate of drug-likeness (QED) is 0.795. The van der Waals surface area contributed by atoms with Gasteiger partial charge >= 0.3 is 5.97 Å². The Morgan fingerprint density at radius 2 is 2.18 bits per heavy atom. The van der Waals surface area contributed by atoms with Gasteiger partial charge in [0.15, 0.2) is 11.6 Å². The van der Waals surface area contributed by atoms with E-state index in [1.807, 2.05) is 0 Å². The Kier molecular flexibility index (Phi) is 4.45. The number of rotatable bonds is 6. The van der Waals surface area contributed by atoms with Gasteiger partial charge in [-0.1, -0.05) is 12.1 Å². The first-order valence-corrected chi connectivity index (χ1v) is 5.29. The third-order valence-corrected chi connectivity index (χ3v) is 2.72. The molecule has 1 rings (SSSR count). The Labute approximate surface area is 99.4 Å². The van der Waals surface area contributed by atoms with Crippen molar-refractivity contribution in [3.63, 3.8) is 0 Å². The van der Waals surface area contributed by atoms with Crippen LogP contribution >= 0.6 is 0 Å². The highest BCUT2D eigenvalue weighted by Crippen LogP contribution is 2.17. The van der Waals surface area contributed by atoms with Crippen LogP contribution in [0.3, 0.4) is 0 Å². The number of likely N-dealkylation sites (N-methyl/N-ethyl adjacent to an activating group) is 1. The predicted molar refractivity (Wildman–Crippen MR) is 61.6 cm³/mol. The third-order valence-electron chi connectivity index (χ3n) is 2.72. The SMILES string of the molecule is CNC(C)(CCOc1ccccc1F)C(=O)O. The largest absolute Gasteiger partial charge is 0.490 e. The van der Waals surface area contributed by atoms with Crippen molar-refractivity contribution in [2.24, 2.45) is 0 Å². The molecule has 0 aromatic heterocycles. The zero-order valence-electron chi connectivity index (χ0n) is 9.87. The lowest BCUT2D eigenvalue weighted by molar-refractivity contribution is -0.144. The molecule has 0 fully saturated rings. The van der Waals surface area contributed by atoms with E-state index in [2.05, 4.69) is 5.32 Å². The molecule has 0 saturated heterocycles. The Balaban J connectivity index is 2.53. The van der Waals surface area contributed by atoms with Gasteiger partial charge in [-0.05, 0) is 26.1 Å². The Hall–Kier alpha value is -1.62. The molecule has 0 heterocycles. The molecule has 1 unspecified atom stereocenters. The average molecular weight is 241 g/mol. The van der Waals surface area contributed by atoms with Crippen LogP contribution in [0.4, 0.5) is 4.39 Å². The average Bonchev–Trinajstić information content (AvgIpc) is 2.31. The maximum Gasteiger partial charge on any atom is 0.323 e. The summed E-state index contributed by atoms with van der Waals surface area (Å²) in [4.78, 5) is 11.0. The number of nitrogens with one attached hydrogen (secondary N) is 1. The molecular weight excluding hydrogens is 225 g/mol. The molecule has 2 N–H and O–H groups in total. The number of benzene rings is 1. The highest BCUT2D eigenvalue weighted by molar-refractivity contribution is 5.78. The Morgan fingerprint density at radius 3 is 2.71 bits per heavy atom. The van der Waals surface area contributed by atoms with Crippen LogP contribution in [0.5, 0.6) is 5.75 Å². The van der Waals surface area contributed by atoms with E-state index >= 15 is 0 Å². The summed E-state index contributed by atoms with van der Waals surface area (Å²) in [7, 11) is 1.57. The molecule has 0 aliphatic heterocycles. The zero-order valence-corrected chi connectivity index (χ0v) is 9.87. The van der Waals surface area contributed by atoms with Gasteiger partial charge in [0.2, 0.25) is 0 Å². The summed E-state index contributed by atoms with van der Waals surface area (Å²) in [6, 6.07) is 6.03. The fourth-order valence-corrected chi connectivity index (χ4v) is 1.27. The second-order valence-electron chi connectivity index (χ2n) is 3.92. The number of halogens is 1. The van der Waals surface area contributed by atoms with Crippen LogP contribution in [0.25, 0.3) is 0 Å². The monoisotopic (exact) mass is 241 g/mol. The molecule has 0 amide bonds. The van der Waals surface area contributed by atoms with Gasteiger partial charge in [-0.15, -0.1) is 0 Å². The van der Waals surface area contributed by atoms with Crippen molar-refractivity contribution in [1.29, 1.82) is 0 Å². The third kappa shape index (κ3) is 3.42. The topological polar surface area (TPSA) is 58.6 Å². The van der Waals surface area contributed by atoms with Crippen molar-refractivity contribution >= 4 is 5.97 Å². The van der Waals surface area contributed by atoms with E-state index in [9.17, 15) is 9.18 Å². The van der Waals surface area contributed by atoms with Crippen molar-refractivity contribution in [3.05, 3.63) is 30.1 Å². The van der Waals surface area contributed by atoms with Crippen LogP contribution in [0, 0.1) is 5.82 Å². The molecule has 1 aromatic rings. The maximum atomic E-state index is 13.2. The van der Waals surface area contributed by atoms with Crippen molar-refractivity contribution < 1.29 is 19.0 Å². The minimum atomic E-state index is -1.06. The summed E-state index contributed by atoms with van der Waals surface area (Å²) in [5.41, 5.74) is -1.06. The molecule has 5 heteroatoms. The number of hydrogen-bond donors (Lipinski definition) is 2. The molecule has 0 spiro atoms. The molecule has 0 aliphatic rings. The maximum absolute atomic E-state index is 13.2. The van der Waals surface area contributed by atoms with Crippen molar-refractivity contribution in [2.75, 3.05) is 13.7 Å². The van der Waals surface area contributed by atoms with Gasteiger partial charge < -0.3 is 15.2 Å². The number of carboxylic acids is 1. The lowest BCUT2D eigenvalue weighted by atomic mass is 9.99. The molecule has 1 aromatic carbocycles. The standard InChI is InChI=1S/C12H16FNO3/c1-12(14-2,11(15)16)7-8-17-10-6-4-3-5-9(10)13/h3-6,14H,7-8H2,1-2H3,(H,15,16). The van der Waals surface area contributed by atoms with E-state index in [0.29, 0.717) is 0 Å². The van der Waals surface area contributed by atoms with Crippen LogP contribution < -0.4 is 10.1 Å². The molecule has 94 valence electrons. The molecule has 0 radical (unpaired) electrons. The van der Waals surface area contributed by atoms with E-state index in [0.717, 1.165) is 0 Å². The van der Waals surface area contributed by atoms with Crippen molar-refractivity contribution in [2.45, 2.75) is 18.9 Å². The molecule has 0 aliphatic carbocycles. The molecule has 4 nitrogen and oxygen atoms in total. The van der Waals surface area contributed by atoms with Gasteiger partial charge in [-0.3, -0.25) is 4.79 Å². The van der Waals surface area contributed by atoms with E-state index in [1.165, 1.54) is 12.1 Å². The van der Waals surface area contributed by atoms with Gasteiger partial charge in [0.05, 0.1) is 6.61 Å². The Morgan fingerprint density at radius 1 is 1.53 bits per heavy atom. The summed E-state index contributed by atoms with van der Waals surface area (Å²) >= 11 is 0. The van der Waals surface area contributed by atoms with E-state index < -0.39 is 17.3 Å². The number of carboxylic acid groups (broad SMARTS) is 1. The first-order valence-electron chi connectivity index (χ1n) is 5.29. The summed E-state index contributed by atoms with van der Waals surface area (Å²) in [5.74, 6) is -1.28. The lowest BCUT2D eigenvalue weighted by Gasteiger charge is -2.23. The van der Waals surface area contributed by atoms with E-state index in [1.54, 1.807) is 26.1 Å².